The van der Waals surface area contributed by atoms with Crippen LogP contribution in [-0.4, -0.2) is 89.7 Å². The lowest BCUT2D eigenvalue weighted by molar-refractivity contribution is -0.155. The fourth-order valence-corrected chi connectivity index (χ4v) is 1.95. The lowest BCUT2D eigenvalue weighted by Crippen LogP contribution is -2.35. The zero-order valence-corrected chi connectivity index (χ0v) is 19.0. The zero-order chi connectivity index (χ0) is 23.4. The molecule has 0 unspecified atom stereocenters. The van der Waals surface area contributed by atoms with E-state index in [1.807, 2.05) is 6.92 Å². The van der Waals surface area contributed by atoms with E-state index in [1.54, 1.807) is 20.8 Å². The van der Waals surface area contributed by atoms with Gasteiger partial charge in [0.25, 0.3) is 0 Å². The maximum Gasteiger partial charge on any atom is 0.407 e. The number of hydrogen-bond donors (Lipinski definition) is 1. The van der Waals surface area contributed by atoms with E-state index < -0.39 is 23.8 Å². The average molecular weight is 449 g/mol. The summed E-state index contributed by atoms with van der Waals surface area (Å²) in [7, 11) is 0. The highest BCUT2D eigenvalue weighted by Gasteiger charge is 2.16. The molecule has 0 heterocycles. The van der Waals surface area contributed by atoms with Crippen molar-refractivity contribution in [1.29, 1.82) is 0 Å². The highest BCUT2D eigenvalue weighted by atomic mass is 16.6. The summed E-state index contributed by atoms with van der Waals surface area (Å²) in [5.74, 6) is -0.566. The molecular formula is C19H36N4O8. The van der Waals surface area contributed by atoms with Crippen LogP contribution in [0.1, 0.15) is 34.1 Å². The Morgan fingerprint density at radius 1 is 1.03 bits per heavy atom. The predicted octanol–water partition coefficient (Wildman–Crippen LogP) is 2.21. The van der Waals surface area contributed by atoms with E-state index in [9.17, 15) is 9.59 Å². The molecule has 0 saturated carbocycles. The van der Waals surface area contributed by atoms with Gasteiger partial charge in [0.15, 0.2) is 0 Å². The van der Waals surface area contributed by atoms with Crippen LogP contribution in [0.3, 0.4) is 0 Å². The number of nitrogens with one attached hydrogen (secondary N) is 1. The number of carbonyl (C=O) groups excluding carboxylic acids is 2. The molecule has 0 aromatic rings. The topological polar surface area (TPSA) is 150 Å². The summed E-state index contributed by atoms with van der Waals surface area (Å²) >= 11 is 0. The first-order valence-electron chi connectivity index (χ1n) is 10.3. The summed E-state index contributed by atoms with van der Waals surface area (Å²) in [6.45, 7) is 9.38. The van der Waals surface area contributed by atoms with E-state index in [0.29, 0.717) is 19.8 Å². The van der Waals surface area contributed by atoms with Gasteiger partial charge in [0.1, 0.15) is 24.9 Å². The molecule has 0 fully saturated rings. The summed E-state index contributed by atoms with van der Waals surface area (Å²) in [6.07, 6.45) is -0.112. The number of alkyl carbamates (subject to hydrolysis) is 1. The van der Waals surface area contributed by atoms with E-state index >= 15 is 0 Å². The van der Waals surface area contributed by atoms with Crippen molar-refractivity contribution in [2.75, 3.05) is 65.9 Å². The third-order valence-electron chi connectivity index (χ3n) is 3.20. The first-order valence-corrected chi connectivity index (χ1v) is 10.3. The summed E-state index contributed by atoms with van der Waals surface area (Å²) in [5.41, 5.74) is 7.60. The first kappa shape index (κ1) is 28.9. The van der Waals surface area contributed by atoms with Crippen molar-refractivity contribution >= 4 is 12.1 Å². The summed E-state index contributed by atoms with van der Waals surface area (Å²) in [4.78, 5) is 25.9. The van der Waals surface area contributed by atoms with Crippen LogP contribution in [-0.2, 0) is 33.2 Å². The maximum absolute atomic E-state index is 11.7. The van der Waals surface area contributed by atoms with Gasteiger partial charge in [0.2, 0.25) is 0 Å². The highest BCUT2D eigenvalue weighted by Crippen LogP contribution is 2.06. The molecule has 180 valence electrons. The number of esters is 1. The minimum absolute atomic E-state index is 0.0220. The van der Waals surface area contributed by atoms with Crippen LogP contribution in [0, 0.1) is 0 Å². The Kier molecular flexibility index (Phi) is 17.4. The molecule has 0 aromatic carbocycles. The molecule has 0 aliphatic rings. The Bertz CT molecular complexity index is 535. The van der Waals surface area contributed by atoms with Gasteiger partial charge in [-0.1, -0.05) is 12.0 Å². The number of azide groups is 1. The third kappa shape index (κ3) is 20.9. The van der Waals surface area contributed by atoms with Crippen LogP contribution in [0.25, 0.3) is 10.4 Å². The van der Waals surface area contributed by atoms with Crippen molar-refractivity contribution < 1.29 is 38.0 Å². The van der Waals surface area contributed by atoms with Gasteiger partial charge in [-0.3, -0.25) is 0 Å². The van der Waals surface area contributed by atoms with Crippen LogP contribution in [0.15, 0.2) is 5.11 Å². The average Bonchev–Trinajstić information content (AvgIpc) is 2.69. The molecule has 0 aliphatic heterocycles. The second-order valence-electron chi connectivity index (χ2n) is 7.30. The molecule has 1 amide bonds. The molecule has 0 bridgehead atoms. The quantitative estimate of drug-likeness (QED) is 0.110. The van der Waals surface area contributed by atoms with Gasteiger partial charge in [-0.25, -0.2) is 9.59 Å². The van der Waals surface area contributed by atoms with E-state index in [1.165, 1.54) is 0 Å². The molecule has 31 heavy (non-hydrogen) atoms. The molecule has 1 atom stereocenters. The molecule has 0 spiro atoms. The van der Waals surface area contributed by atoms with Gasteiger partial charge in [0, 0.05) is 24.6 Å². The van der Waals surface area contributed by atoms with Crippen molar-refractivity contribution in [3.05, 3.63) is 10.4 Å². The minimum Gasteiger partial charge on any atom is -0.461 e. The fraction of sp³-hybridized carbons (Fsp3) is 0.895. The normalized spacial score (nSPS) is 12.0. The fourth-order valence-electron chi connectivity index (χ4n) is 1.95. The smallest absolute Gasteiger partial charge is 0.407 e. The minimum atomic E-state index is -0.569. The molecule has 0 radical (unpaired) electrons. The van der Waals surface area contributed by atoms with Crippen molar-refractivity contribution in [3.63, 3.8) is 0 Å². The molecule has 12 heteroatoms. The van der Waals surface area contributed by atoms with E-state index in [4.69, 9.17) is 34.0 Å². The van der Waals surface area contributed by atoms with Gasteiger partial charge in [-0.2, -0.15) is 0 Å². The zero-order valence-electron chi connectivity index (χ0n) is 19.0. The summed E-state index contributed by atoms with van der Waals surface area (Å²) < 4.78 is 31.8. The van der Waals surface area contributed by atoms with Crippen molar-refractivity contribution in [2.45, 2.75) is 45.8 Å². The second-order valence-corrected chi connectivity index (χ2v) is 7.30. The number of ether oxygens (including phenoxy) is 6. The monoisotopic (exact) mass is 448 g/mol. The number of amides is 1. The van der Waals surface area contributed by atoms with Crippen LogP contribution < -0.4 is 5.32 Å². The molecule has 0 rings (SSSR count). The maximum atomic E-state index is 11.7. The largest absolute Gasteiger partial charge is 0.461 e. The second kappa shape index (κ2) is 18.6. The Labute approximate surface area is 183 Å². The van der Waals surface area contributed by atoms with Crippen molar-refractivity contribution in [2.24, 2.45) is 5.11 Å². The molecule has 0 aliphatic carbocycles. The molecule has 0 aromatic heterocycles. The molecule has 0 saturated heterocycles. The Morgan fingerprint density at radius 2 is 1.81 bits per heavy atom. The Morgan fingerprint density at radius 3 is 2.48 bits per heavy atom. The van der Waals surface area contributed by atoms with Crippen molar-refractivity contribution in [1.82, 2.24) is 5.32 Å². The number of carbonyl (C=O) groups is 2. The summed E-state index contributed by atoms with van der Waals surface area (Å²) in [5, 5.41) is 5.88. The summed E-state index contributed by atoms with van der Waals surface area (Å²) in [6, 6.07) is 0. The van der Waals surface area contributed by atoms with Crippen LogP contribution in [0.4, 0.5) is 4.79 Å². The van der Waals surface area contributed by atoms with Crippen LogP contribution >= 0.6 is 0 Å². The van der Waals surface area contributed by atoms with Gasteiger partial charge in [0.05, 0.1) is 33.0 Å². The number of rotatable bonds is 18. The van der Waals surface area contributed by atoms with E-state index in [-0.39, 0.29) is 46.1 Å². The standard InChI is InChI=1S/C19H36N4O8/c1-5-8-26-11-12-29-16(14-30-17(24)15-28-10-7-22-23-20)13-27-9-6-21-18(25)31-19(2,3)4/h16H,5-15H2,1-4H3,(H,21,25)/t16-/m1/s1. The Balaban J connectivity index is 4.17. The van der Waals surface area contributed by atoms with Crippen LogP contribution in [0.5, 0.6) is 0 Å². The van der Waals surface area contributed by atoms with E-state index in [2.05, 4.69) is 15.3 Å². The van der Waals surface area contributed by atoms with Crippen LogP contribution in [0.2, 0.25) is 0 Å². The van der Waals surface area contributed by atoms with Gasteiger partial charge >= 0.3 is 12.1 Å². The predicted molar refractivity (Wildman–Crippen MR) is 112 cm³/mol. The molecular weight excluding hydrogens is 412 g/mol. The lowest BCUT2D eigenvalue weighted by Gasteiger charge is -2.20. The molecule has 1 N–H and O–H groups in total. The third-order valence-corrected chi connectivity index (χ3v) is 3.20. The Hall–Kier alpha value is -2.11. The van der Waals surface area contributed by atoms with E-state index in [0.717, 1.165) is 6.42 Å². The molecule has 12 nitrogen and oxygen atoms in total. The highest BCUT2D eigenvalue weighted by molar-refractivity contribution is 5.70. The lowest BCUT2D eigenvalue weighted by atomic mass is 10.2. The number of hydrogen-bond acceptors (Lipinski definition) is 9. The van der Waals surface area contributed by atoms with Gasteiger partial charge in [-0.05, 0) is 32.7 Å². The number of nitrogens with zero attached hydrogens (tertiary/aromatic N) is 3. The van der Waals surface area contributed by atoms with Gasteiger partial charge in [-0.15, -0.1) is 0 Å². The SMILES string of the molecule is CCCOCCO[C@H](COCCNC(=O)OC(C)(C)C)COC(=O)COCCN=[N+]=[N-]. The van der Waals surface area contributed by atoms with Crippen molar-refractivity contribution in [3.8, 4) is 0 Å². The van der Waals surface area contributed by atoms with Gasteiger partial charge < -0.3 is 33.7 Å². The first-order chi connectivity index (χ1) is 14.8.